The molecule has 0 saturated heterocycles. The molecule has 0 aliphatic heterocycles. The predicted molar refractivity (Wildman–Crippen MR) is 55.9 cm³/mol. The van der Waals surface area contributed by atoms with Gasteiger partial charge in [0.15, 0.2) is 0 Å². The van der Waals surface area contributed by atoms with Crippen molar-refractivity contribution in [2.75, 3.05) is 5.43 Å². The monoisotopic (exact) mass is 275 g/mol. The van der Waals surface area contributed by atoms with Gasteiger partial charge in [0.2, 0.25) is 11.7 Å². The molecule has 0 spiro atoms. The molecule has 3 N–H and O–H groups in total. The van der Waals surface area contributed by atoms with Crippen LogP contribution in [0.4, 0.5) is 19.0 Å². The molecule has 19 heavy (non-hydrogen) atoms. The summed E-state index contributed by atoms with van der Waals surface area (Å²) >= 11 is 0. The minimum Gasteiger partial charge on any atom is -0.404 e. The largest absolute Gasteiger partial charge is 0.451 e. The Balaban J connectivity index is 2.34. The van der Waals surface area contributed by atoms with Crippen LogP contribution in [-0.4, -0.2) is 24.7 Å². The van der Waals surface area contributed by atoms with Gasteiger partial charge in [-0.05, 0) is 0 Å². The van der Waals surface area contributed by atoms with Crippen molar-refractivity contribution < 1.29 is 17.9 Å². The summed E-state index contributed by atoms with van der Waals surface area (Å²) in [7, 11) is 1.58. The summed E-state index contributed by atoms with van der Waals surface area (Å²) in [6.07, 6.45) is -3.40. The molecule has 2 heterocycles. The minimum absolute atomic E-state index is 0.141. The maximum absolute atomic E-state index is 12.5. The Morgan fingerprint density at radius 3 is 2.63 bits per heavy atom. The van der Waals surface area contributed by atoms with Gasteiger partial charge in [0.05, 0.1) is 0 Å². The Kier molecular flexibility index (Phi) is 3.21. The average Bonchev–Trinajstić information content (AvgIpc) is 2.73. The Morgan fingerprint density at radius 1 is 1.37 bits per heavy atom. The second-order valence-corrected chi connectivity index (χ2v) is 3.36. The van der Waals surface area contributed by atoms with Gasteiger partial charge in [-0.1, -0.05) is 0 Å². The van der Waals surface area contributed by atoms with E-state index >= 15 is 0 Å². The maximum Gasteiger partial charge on any atom is 0.451 e. The Bertz CT molecular complexity index is 582. The van der Waals surface area contributed by atoms with Crippen molar-refractivity contribution in [1.29, 1.82) is 0 Å². The Hall–Kier alpha value is -2.43. The van der Waals surface area contributed by atoms with Gasteiger partial charge in [-0.15, -0.1) is 5.10 Å². The number of nitrogens with two attached hydrogens (primary N) is 1. The smallest absolute Gasteiger partial charge is 0.404 e. The first-order valence-electron chi connectivity index (χ1n) is 4.85. The van der Waals surface area contributed by atoms with E-state index in [1.165, 1.54) is 11.0 Å². The number of alkyl halides is 3. The molecule has 0 aliphatic rings. The summed E-state index contributed by atoms with van der Waals surface area (Å²) in [5.41, 5.74) is 1.99. The van der Waals surface area contributed by atoms with Crippen molar-refractivity contribution in [3.05, 3.63) is 18.2 Å². The van der Waals surface area contributed by atoms with Gasteiger partial charge >= 0.3 is 12.2 Å². The van der Waals surface area contributed by atoms with Gasteiger partial charge in [-0.2, -0.15) is 23.1 Å². The molecule has 2 aromatic rings. The van der Waals surface area contributed by atoms with E-state index in [0.717, 1.165) is 6.07 Å². The number of nitrogens with one attached hydrogen (secondary N) is 1. The quantitative estimate of drug-likeness (QED) is 0.627. The van der Waals surface area contributed by atoms with Crippen molar-refractivity contribution in [3.63, 3.8) is 0 Å². The first-order chi connectivity index (χ1) is 8.88. The van der Waals surface area contributed by atoms with E-state index in [1.54, 1.807) is 7.05 Å². The number of hydrogen-bond acceptors (Lipinski definition) is 7. The first-order valence-corrected chi connectivity index (χ1v) is 4.85. The number of hydrogen-bond donors (Lipinski definition) is 2. The summed E-state index contributed by atoms with van der Waals surface area (Å²) in [6, 6.07) is 0.947. The number of halogens is 3. The lowest BCUT2D eigenvalue weighted by atomic mass is 10.5. The van der Waals surface area contributed by atoms with E-state index in [4.69, 9.17) is 10.6 Å². The molecule has 0 unspecified atom stereocenters. The summed E-state index contributed by atoms with van der Waals surface area (Å²) in [5, 5.41) is 3.74. The second kappa shape index (κ2) is 4.68. The van der Waals surface area contributed by atoms with Crippen molar-refractivity contribution in [1.82, 2.24) is 24.7 Å². The molecule has 0 saturated carbocycles. The summed E-state index contributed by atoms with van der Waals surface area (Å²) in [4.78, 5) is 10.1. The molecule has 11 heteroatoms. The molecule has 102 valence electrons. The summed E-state index contributed by atoms with van der Waals surface area (Å²) in [6.45, 7) is 0. The van der Waals surface area contributed by atoms with Crippen LogP contribution >= 0.6 is 0 Å². The molecule has 2 aromatic heterocycles. The molecule has 0 aliphatic carbocycles. The highest BCUT2D eigenvalue weighted by atomic mass is 19.4. The van der Waals surface area contributed by atoms with E-state index in [-0.39, 0.29) is 17.7 Å². The zero-order chi connectivity index (χ0) is 14.0. The van der Waals surface area contributed by atoms with Crippen LogP contribution in [0.5, 0.6) is 11.9 Å². The highest BCUT2D eigenvalue weighted by Gasteiger charge is 2.35. The van der Waals surface area contributed by atoms with E-state index in [1.807, 2.05) is 5.43 Å². The van der Waals surface area contributed by atoms with Crippen molar-refractivity contribution in [2.45, 2.75) is 6.18 Å². The lowest BCUT2D eigenvalue weighted by Crippen LogP contribution is -2.16. The number of anilines is 1. The third-order valence-electron chi connectivity index (χ3n) is 1.88. The van der Waals surface area contributed by atoms with Crippen LogP contribution in [0.2, 0.25) is 0 Å². The van der Waals surface area contributed by atoms with Gasteiger partial charge in [0.1, 0.15) is 12.1 Å². The van der Waals surface area contributed by atoms with Crippen molar-refractivity contribution in [3.8, 4) is 11.9 Å². The SMILES string of the molecule is Cn1cnc(Oc2cc(NN)nc(C(F)(F)F)n2)n1. The van der Waals surface area contributed by atoms with Crippen LogP contribution in [0.15, 0.2) is 12.4 Å². The van der Waals surface area contributed by atoms with Crippen molar-refractivity contribution in [2.24, 2.45) is 12.9 Å². The Morgan fingerprint density at radius 2 is 2.11 bits per heavy atom. The maximum atomic E-state index is 12.5. The molecule has 0 atom stereocenters. The minimum atomic E-state index is -4.72. The number of ether oxygens (including phenoxy) is 1. The van der Waals surface area contributed by atoms with E-state index < -0.39 is 12.0 Å². The predicted octanol–water partition coefficient (Wildman–Crippen LogP) is 0.702. The van der Waals surface area contributed by atoms with Gasteiger partial charge in [-0.25, -0.2) is 10.8 Å². The fourth-order valence-corrected chi connectivity index (χ4v) is 1.14. The van der Waals surface area contributed by atoms with Gasteiger partial charge < -0.3 is 10.2 Å². The van der Waals surface area contributed by atoms with Crippen LogP contribution < -0.4 is 16.0 Å². The molecular weight excluding hydrogens is 267 g/mol. The fourth-order valence-electron chi connectivity index (χ4n) is 1.14. The molecule has 0 amide bonds. The molecule has 0 aromatic carbocycles. The standard InChI is InChI=1S/C8H8F3N7O/c1-18-3-13-7(17-18)19-5-2-4(16-12)14-6(15-5)8(9,10)11/h2-3H,12H2,1H3,(H,14,15,16). The van der Waals surface area contributed by atoms with Crippen LogP contribution in [0, 0.1) is 0 Å². The summed E-state index contributed by atoms with van der Waals surface area (Å²) < 4.78 is 43.9. The van der Waals surface area contributed by atoms with E-state index in [9.17, 15) is 13.2 Å². The molecule has 8 nitrogen and oxygen atoms in total. The highest BCUT2D eigenvalue weighted by molar-refractivity contribution is 5.38. The third-order valence-corrected chi connectivity index (χ3v) is 1.88. The molecule has 0 radical (unpaired) electrons. The fraction of sp³-hybridized carbons (Fsp3) is 0.250. The number of aromatic nitrogens is 5. The van der Waals surface area contributed by atoms with E-state index in [2.05, 4.69) is 20.1 Å². The second-order valence-electron chi connectivity index (χ2n) is 3.36. The lowest BCUT2D eigenvalue weighted by molar-refractivity contribution is -0.145. The third kappa shape index (κ3) is 3.07. The number of aryl methyl sites for hydroxylation is 1. The zero-order valence-electron chi connectivity index (χ0n) is 9.51. The molecule has 2 rings (SSSR count). The average molecular weight is 275 g/mol. The van der Waals surface area contributed by atoms with E-state index in [0.29, 0.717) is 0 Å². The van der Waals surface area contributed by atoms with Crippen LogP contribution in [0.3, 0.4) is 0 Å². The number of nitrogens with zero attached hydrogens (tertiary/aromatic N) is 5. The van der Waals surface area contributed by atoms with Gasteiger partial charge in [0, 0.05) is 13.1 Å². The van der Waals surface area contributed by atoms with Crippen LogP contribution in [-0.2, 0) is 13.2 Å². The molecule has 0 fully saturated rings. The van der Waals surface area contributed by atoms with Crippen LogP contribution in [0.25, 0.3) is 0 Å². The zero-order valence-corrected chi connectivity index (χ0v) is 9.51. The number of hydrazine groups is 1. The Labute approximate surface area is 104 Å². The number of nitrogen functional groups attached to an aromatic ring is 1. The molecule has 0 bridgehead atoms. The lowest BCUT2D eigenvalue weighted by Gasteiger charge is -2.08. The van der Waals surface area contributed by atoms with Crippen molar-refractivity contribution >= 4 is 5.82 Å². The topological polar surface area (TPSA) is 104 Å². The first kappa shape index (κ1) is 13.0. The van der Waals surface area contributed by atoms with Gasteiger partial charge in [-0.3, -0.25) is 4.68 Å². The normalized spacial score (nSPS) is 11.4. The molecular formula is C8H8F3N7O. The van der Waals surface area contributed by atoms with Gasteiger partial charge in [0.25, 0.3) is 0 Å². The highest BCUT2D eigenvalue weighted by Crippen LogP contribution is 2.29. The summed E-state index contributed by atoms with van der Waals surface area (Å²) in [5.74, 6) is 3.03. The number of rotatable bonds is 3. The van der Waals surface area contributed by atoms with Crippen LogP contribution in [0.1, 0.15) is 5.82 Å².